The van der Waals surface area contributed by atoms with E-state index in [1.807, 2.05) is 0 Å². The van der Waals surface area contributed by atoms with Gasteiger partial charge in [-0.2, -0.15) is 0 Å². The molecule has 2 fully saturated rings. The summed E-state index contributed by atoms with van der Waals surface area (Å²) in [6.07, 6.45) is -17.5. The van der Waals surface area contributed by atoms with Crippen LogP contribution in [0.5, 0.6) is 28.7 Å². The van der Waals surface area contributed by atoms with Gasteiger partial charge in [-0.05, 0) is 18.2 Å². The van der Waals surface area contributed by atoms with Crippen molar-refractivity contribution in [2.75, 3.05) is 20.3 Å². The Labute approximate surface area is 252 Å². The number of hydrogen-bond donors (Lipinski definition) is 10. The van der Waals surface area contributed by atoms with Crippen LogP contribution < -0.4 is 14.9 Å². The molecule has 0 aliphatic carbocycles. The number of aromatic hydroxyl groups is 3. The van der Waals surface area contributed by atoms with E-state index in [-0.39, 0.29) is 28.4 Å². The van der Waals surface area contributed by atoms with E-state index >= 15 is 0 Å². The SMILES string of the molecule is COc1cc(-c2oc3cc(O)cc(O)c3c(=O)c2O[C@@H]2O[C@H](CO)[C@@H](O)[C@H](O)[C@H]2O[C@@H]2O[C@H]([C@H](O)CO)[C@H](O)[C@H]2O)ccc1O. The van der Waals surface area contributed by atoms with Crippen LogP contribution in [-0.2, 0) is 14.2 Å². The summed E-state index contributed by atoms with van der Waals surface area (Å²) in [5, 5.41) is 102. The first-order valence-electron chi connectivity index (χ1n) is 13.5. The fraction of sp³-hybridized carbons (Fsp3) is 0.464. The lowest BCUT2D eigenvalue weighted by molar-refractivity contribution is -0.321. The molecule has 17 heteroatoms. The third kappa shape index (κ3) is 5.98. The van der Waals surface area contributed by atoms with E-state index in [1.165, 1.54) is 25.3 Å². The minimum Gasteiger partial charge on any atom is -0.508 e. The van der Waals surface area contributed by atoms with Gasteiger partial charge < -0.3 is 79.2 Å². The molecule has 3 aromatic rings. The third-order valence-corrected chi connectivity index (χ3v) is 7.53. The summed E-state index contributed by atoms with van der Waals surface area (Å²) in [7, 11) is 1.27. The van der Waals surface area contributed by atoms with E-state index in [0.29, 0.717) is 0 Å². The molecule has 2 saturated heterocycles. The Balaban J connectivity index is 1.61. The molecule has 10 N–H and O–H groups in total. The summed E-state index contributed by atoms with van der Waals surface area (Å²) >= 11 is 0. The molecular formula is C28H32O17. The molecule has 1 aromatic heterocycles. The Morgan fingerprint density at radius 2 is 1.62 bits per heavy atom. The lowest BCUT2D eigenvalue weighted by Gasteiger charge is -2.42. The van der Waals surface area contributed by atoms with E-state index in [0.717, 1.165) is 12.1 Å². The van der Waals surface area contributed by atoms with Crippen LogP contribution in [0.3, 0.4) is 0 Å². The van der Waals surface area contributed by atoms with Crippen molar-refractivity contribution >= 4 is 11.0 Å². The maximum absolute atomic E-state index is 13.8. The van der Waals surface area contributed by atoms with Crippen molar-refractivity contribution in [3.8, 4) is 40.1 Å². The van der Waals surface area contributed by atoms with Gasteiger partial charge in [0, 0.05) is 17.7 Å². The average molecular weight is 641 g/mol. The Bertz CT molecular complexity index is 1570. The summed E-state index contributed by atoms with van der Waals surface area (Å²) in [6.45, 7) is -1.68. The van der Waals surface area contributed by atoms with Crippen molar-refractivity contribution in [3.05, 3.63) is 40.6 Å². The Hall–Kier alpha value is -3.75. The zero-order chi connectivity index (χ0) is 32.7. The predicted molar refractivity (Wildman–Crippen MR) is 146 cm³/mol. The van der Waals surface area contributed by atoms with Crippen LogP contribution in [0.25, 0.3) is 22.3 Å². The quantitative estimate of drug-likeness (QED) is 0.117. The predicted octanol–water partition coefficient (Wildman–Crippen LogP) is -2.41. The molecule has 0 bridgehead atoms. The molecule has 0 spiro atoms. The normalized spacial score (nSPS) is 30.8. The van der Waals surface area contributed by atoms with Gasteiger partial charge in [0.25, 0.3) is 0 Å². The molecule has 2 aliphatic heterocycles. The number of benzene rings is 2. The molecular weight excluding hydrogens is 608 g/mol. The topological polar surface area (TPSA) is 279 Å². The van der Waals surface area contributed by atoms with E-state index in [9.17, 15) is 55.9 Å². The molecule has 0 saturated carbocycles. The van der Waals surface area contributed by atoms with Crippen molar-refractivity contribution in [3.63, 3.8) is 0 Å². The Morgan fingerprint density at radius 3 is 2.29 bits per heavy atom. The van der Waals surface area contributed by atoms with Gasteiger partial charge >= 0.3 is 0 Å². The second-order valence-electron chi connectivity index (χ2n) is 10.4. The molecule has 45 heavy (non-hydrogen) atoms. The fourth-order valence-corrected chi connectivity index (χ4v) is 5.16. The highest BCUT2D eigenvalue weighted by Crippen LogP contribution is 2.40. The minimum absolute atomic E-state index is 0.0421. The number of ether oxygens (including phenoxy) is 5. The number of rotatable bonds is 9. The number of phenolic OH excluding ortho intramolecular Hbond substituents is 3. The van der Waals surface area contributed by atoms with Crippen molar-refractivity contribution in [1.82, 2.24) is 0 Å². The molecule has 2 aliphatic rings. The van der Waals surface area contributed by atoms with Crippen molar-refractivity contribution in [2.45, 2.75) is 61.4 Å². The molecule has 2 aromatic carbocycles. The van der Waals surface area contributed by atoms with E-state index in [1.54, 1.807) is 0 Å². The van der Waals surface area contributed by atoms with Crippen LogP contribution >= 0.6 is 0 Å². The van der Waals surface area contributed by atoms with Gasteiger partial charge in [0.15, 0.2) is 29.7 Å². The molecule has 0 radical (unpaired) electrons. The molecule has 5 rings (SSSR count). The average Bonchev–Trinajstić information content (AvgIpc) is 3.29. The lowest BCUT2D eigenvalue weighted by Crippen LogP contribution is -2.62. The number of phenols is 3. The van der Waals surface area contributed by atoms with Crippen molar-refractivity contribution in [2.24, 2.45) is 0 Å². The molecule has 17 nitrogen and oxygen atoms in total. The maximum Gasteiger partial charge on any atom is 0.239 e. The number of hydrogen-bond acceptors (Lipinski definition) is 17. The third-order valence-electron chi connectivity index (χ3n) is 7.53. The number of fused-ring (bicyclic) bond motifs is 1. The highest BCUT2D eigenvalue weighted by molar-refractivity contribution is 5.88. The van der Waals surface area contributed by atoms with Gasteiger partial charge in [0.2, 0.25) is 17.5 Å². The molecule has 3 heterocycles. The van der Waals surface area contributed by atoms with E-state index in [2.05, 4.69) is 0 Å². The van der Waals surface area contributed by atoms with Crippen LogP contribution in [0.1, 0.15) is 0 Å². The largest absolute Gasteiger partial charge is 0.508 e. The molecule has 0 amide bonds. The molecule has 10 atom stereocenters. The molecule has 0 unspecified atom stereocenters. The number of methoxy groups -OCH3 is 1. The first-order chi connectivity index (χ1) is 21.4. The van der Waals surface area contributed by atoms with Crippen LogP contribution in [0, 0.1) is 0 Å². The zero-order valence-corrected chi connectivity index (χ0v) is 23.4. The number of aliphatic hydroxyl groups is 7. The van der Waals surface area contributed by atoms with Crippen LogP contribution in [0.4, 0.5) is 0 Å². The van der Waals surface area contributed by atoms with Crippen molar-refractivity contribution in [1.29, 1.82) is 0 Å². The summed E-state index contributed by atoms with van der Waals surface area (Å²) in [6, 6.07) is 5.73. The van der Waals surface area contributed by atoms with Crippen LogP contribution in [0.2, 0.25) is 0 Å². The van der Waals surface area contributed by atoms with Gasteiger partial charge in [0.05, 0.1) is 20.3 Å². The highest BCUT2D eigenvalue weighted by atomic mass is 16.8. The van der Waals surface area contributed by atoms with Gasteiger partial charge in [-0.3, -0.25) is 4.79 Å². The van der Waals surface area contributed by atoms with Crippen LogP contribution in [0.15, 0.2) is 39.5 Å². The van der Waals surface area contributed by atoms with Gasteiger partial charge in [0.1, 0.15) is 65.2 Å². The highest BCUT2D eigenvalue weighted by Gasteiger charge is 2.53. The van der Waals surface area contributed by atoms with Gasteiger partial charge in [-0.15, -0.1) is 0 Å². The minimum atomic E-state index is -1.94. The lowest BCUT2D eigenvalue weighted by atomic mass is 9.98. The fourth-order valence-electron chi connectivity index (χ4n) is 5.16. The standard InChI is InChI=1S/C28H32O17/c1-40-14-4-9(2-3-11(14)32)23-25(19(36)17-12(33)5-10(31)6-15(17)41-23)44-28-26(20(37)18(35)16(8-30)42-28)45-27-22(39)21(38)24(43-27)13(34)7-29/h2-6,13,16,18,20-22,24,26-35,37-39H,7-8H2,1H3/t13-,16-,18-,20+,21-,22-,24-,26-,27+,28+/m1/s1. The molecule has 246 valence electrons. The first kappa shape index (κ1) is 32.6. The monoisotopic (exact) mass is 640 g/mol. The van der Waals surface area contributed by atoms with Crippen LogP contribution in [-0.4, -0.2) is 133 Å². The van der Waals surface area contributed by atoms with E-state index < -0.39 is 103 Å². The maximum atomic E-state index is 13.8. The first-order valence-corrected chi connectivity index (χ1v) is 13.5. The summed E-state index contributed by atoms with van der Waals surface area (Å²) < 4.78 is 33.5. The summed E-state index contributed by atoms with van der Waals surface area (Å²) in [5.41, 5.74) is -1.22. The summed E-state index contributed by atoms with van der Waals surface area (Å²) in [4.78, 5) is 13.8. The Morgan fingerprint density at radius 1 is 0.889 bits per heavy atom. The zero-order valence-electron chi connectivity index (χ0n) is 23.4. The smallest absolute Gasteiger partial charge is 0.239 e. The van der Waals surface area contributed by atoms with Crippen molar-refractivity contribution < 1.29 is 79.2 Å². The second-order valence-corrected chi connectivity index (χ2v) is 10.4. The summed E-state index contributed by atoms with van der Waals surface area (Å²) in [5.74, 6) is -2.46. The van der Waals surface area contributed by atoms with E-state index in [4.69, 9.17) is 28.1 Å². The Kier molecular flexibility index (Phi) is 9.38. The van der Waals surface area contributed by atoms with Gasteiger partial charge in [-0.1, -0.05) is 0 Å². The number of aliphatic hydroxyl groups excluding tert-OH is 7. The second kappa shape index (κ2) is 12.9. The van der Waals surface area contributed by atoms with Gasteiger partial charge in [-0.25, -0.2) is 0 Å².